The van der Waals surface area contributed by atoms with Crippen LogP contribution < -0.4 is 19.5 Å². The predicted octanol–water partition coefficient (Wildman–Crippen LogP) is 0.821. The minimum absolute atomic E-state index is 0.260. The smallest absolute Gasteiger partial charge is 0.331 e. The van der Waals surface area contributed by atoms with E-state index in [4.69, 9.17) is 18.9 Å². The molecule has 26 heavy (non-hydrogen) atoms. The second kappa shape index (κ2) is 8.75. The summed E-state index contributed by atoms with van der Waals surface area (Å²) in [6.45, 7) is 0.141. The summed E-state index contributed by atoms with van der Waals surface area (Å²) in [6, 6.07) is 2.83. The maximum atomic E-state index is 11.8. The molecule has 0 radical (unpaired) electrons. The lowest BCUT2D eigenvalue weighted by Crippen LogP contribution is -2.37. The van der Waals surface area contributed by atoms with Crippen LogP contribution in [0.4, 0.5) is 4.79 Å². The quantitative estimate of drug-likeness (QED) is 0.564. The molecule has 0 spiro atoms. The normalized spacial score (nSPS) is 13.5. The van der Waals surface area contributed by atoms with Crippen LogP contribution >= 0.6 is 0 Å². The van der Waals surface area contributed by atoms with Crippen LogP contribution in [-0.4, -0.2) is 63.8 Å². The molecule has 9 nitrogen and oxygen atoms in total. The van der Waals surface area contributed by atoms with Crippen LogP contribution in [0.3, 0.4) is 0 Å². The number of carbonyl (C=O) groups is 3. The number of methoxy groups -OCH3 is 3. The summed E-state index contributed by atoms with van der Waals surface area (Å²) in [5.41, 5.74) is 0.613. The SMILES string of the molecule is COc1cc(/C=C/C(=O)OCC(=O)N2CCNC2=O)cc(OC)c1OC. The van der Waals surface area contributed by atoms with Gasteiger partial charge in [-0.05, 0) is 23.8 Å². The van der Waals surface area contributed by atoms with Gasteiger partial charge in [0.1, 0.15) is 0 Å². The third kappa shape index (κ3) is 4.44. The molecule has 1 fully saturated rings. The Labute approximate surface area is 150 Å². The molecular weight excluding hydrogens is 344 g/mol. The predicted molar refractivity (Wildman–Crippen MR) is 91.2 cm³/mol. The first kappa shape index (κ1) is 19.1. The fourth-order valence-corrected chi connectivity index (χ4v) is 2.33. The van der Waals surface area contributed by atoms with Crippen molar-refractivity contribution in [3.05, 3.63) is 23.8 Å². The van der Waals surface area contributed by atoms with Gasteiger partial charge in [0.25, 0.3) is 5.91 Å². The first-order valence-corrected chi connectivity index (χ1v) is 7.73. The van der Waals surface area contributed by atoms with E-state index in [9.17, 15) is 14.4 Å². The highest BCUT2D eigenvalue weighted by atomic mass is 16.5. The van der Waals surface area contributed by atoms with Crippen LogP contribution in [0.15, 0.2) is 18.2 Å². The van der Waals surface area contributed by atoms with Gasteiger partial charge in [0.05, 0.1) is 21.3 Å². The molecule has 140 valence electrons. The Bertz CT molecular complexity index is 705. The Morgan fingerprint density at radius 2 is 1.81 bits per heavy atom. The van der Waals surface area contributed by atoms with Crippen LogP contribution in [0.2, 0.25) is 0 Å². The number of amides is 3. The molecule has 0 saturated carbocycles. The monoisotopic (exact) mass is 364 g/mol. The number of carbonyl (C=O) groups excluding carboxylic acids is 3. The van der Waals surface area contributed by atoms with Gasteiger partial charge in [-0.3, -0.25) is 9.69 Å². The van der Waals surface area contributed by atoms with Gasteiger partial charge in [-0.2, -0.15) is 0 Å². The Kier molecular flexibility index (Phi) is 6.42. The van der Waals surface area contributed by atoms with Gasteiger partial charge < -0.3 is 24.3 Å². The maximum Gasteiger partial charge on any atom is 0.331 e. The largest absolute Gasteiger partial charge is 0.493 e. The van der Waals surface area contributed by atoms with E-state index in [0.717, 1.165) is 11.0 Å². The lowest BCUT2D eigenvalue weighted by atomic mass is 10.1. The number of urea groups is 1. The van der Waals surface area contributed by atoms with Crippen molar-refractivity contribution in [2.45, 2.75) is 0 Å². The summed E-state index contributed by atoms with van der Waals surface area (Å²) in [4.78, 5) is 35.9. The molecule has 0 atom stereocenters. The molecule has 0 aromatic heterocycles. The zero-order chi connectivity index (χ0) is 19.1. The van der Waals surface area contributed by atoms with E-state index in [1.54, 1.807) is 12.1 Å². The van der Waals surface area contributed by atoms with Crippen molar-refractivity contribution in [2.24, 2.45) is 0 Å². The number of imide groups is 1. The van der Waals surface area contributed by atoms with Crippen LogP contribution in [-0.2, 0) is 14.3 Å². The summed E-state index contributed by atoms with van der Waals surface area (Å²) in [7, 11) is 4.46. The number of hydrogen-bond donors (Lipinski definition) is 1. The summed E-state index contributed by atoms with van der Waals surface area (Å²) < 4.78 is 20.5. The lowest BCUT2D eigenvalue weighted by molar-refractivity contribution is -0.146. The fourth-order valence-electron chi connectivity index (χ4n) is 2.33. The van der Waals surface area contributed by atoms with Gasteiger partial charge >= 0.3 is 12.0 Å². The molecule has 0 bridgehead atoms. The third-order valence-electron chi connectivity index (χ3n) is 3.59. The van der Waals surface area contributed by atoms with Crippen LogP contribution in [0, 0.1) is 0 Å². The highest BCUT2D eigenvalue weighted by Crippen LogP contribution is 2.38. The number of rotatable bonds is 7. The molecule has 0 unspecified atom stereocenters. The second-order valence-electron chi connectivity index (χ2n) is 5.18. The van der Waals surface area contributed by atoms with Crippen molar-refractivity contribution >= 4 is 24.0 Å². The first-order valence-electron chi connectivity index (χ1n) is 7.73. The van der Waals surface area contributed by atoms with E-state index in [1.165, 1.54) is 27.4 Å². The van der Waals surface area contributed by atoms with Crippen molar-refractivity contribution in [1.29, 1.82) is 0 Å². The van der Waals surface area contributed by atoms with Gasteiger partial charge in [-0.1, -0.05) is 0 Å². The summed E-state index contributed by atoms with van der Waals surface area (Å²) in [5.74, 6) is 0.0237. The molecule has 1 aromatic rings. The second-order valence-corrected chi connectivity index (χ2v) is 5.18. The topological polar surface area (TPSA) is 103 Å². The third-order valence-corrected chi connectivity index (χ3v) is 3.59. The highest BCUT2D eigenvalue weighted by Gasteiger charge is 2.26. The summed E-state index contributed by atoms with van der Waals surface area (Å²) >= 11 is 0. The molecule has 1 N–H and O–H groups in total. The average Bonchev–Trinajstić information content (AvgIpc) is 3.09. The van der Waals surface area contributed by atoms with E-state index < -0.39 is 24.5 Å². The van der Waals surface area contributed by atoms with Crippen molar-refractivity contribution in [2.75, 3.05) is 41.0 Å². The molecule has 1 heterocycles. The first-order chi connectivity index (χ1) is 12.5. The molecule has 2 rings (SSSR count). The molecule has 1 aliphatic heterocycles. The molecule has 3 amide bonds. The Balaban J connectivity index is 1.99. The van der Waals surface area contributed by atoms with E-state index >= 15 is 0 Å². The molecule has 1 aliphatic rings. The van der Waals surface area contributed by atoms with Gasteiger partial charge in [-0.15, -0.1) is 0 Å². The molecule has 1 aromatic carbocycles. The van der Waals surface area contributed by atoms with E-state index in [1.807, 2.05) is 0 Å². The standard InChI is InChI=1S/C17H20N2O7/c1-23-12-8-11(9-13(24-2)16(12)25-3)4-5-15(21)26-10-14(20)19-7-6-18-17(19)22/h4-5,8-9H,6-7,10H2,1-3H3,(H,18,22)/b5-4+. The number of nitrogens with zero attached hydrogens (tertiary/aromatic N) is 1. The van der Waals surface area contributed by atoms with Crippen molar-refractivity contribution in [3.63, 3.8) is 0 Å². The van der Waals surface area contributed by atoms with Gasteiger partial charge in [0.2, 0.25) is 5.75 Å². The van der Waals surface area contributed by atoms with E-state index in [2.05, 4.69) is 5.32 Å². The molecule has 1 saturated heterocycles. The van der Waals surface area contributed by atoms with Crippen LogP contribution in [0.1, 0.15) is 5.56 Å². The van der Waals surface area contributed by atoms with Gasteiger partial charge in [0.15, 0.2) is 18.1 Å². The molecule has 9 heteroatoms. The zero-order valence-corrected chi connectivity index (χ0v) is 14.7. The fraction of sp³-hybridized carbons (Fsp3) is 0.353. The van der Waals surface area contributed by atoms with Gasteiger partial charge in [-0.25, -0.2) is 9.59 Å². The highest BCUT2D eigenvalue weighted by molar-refractivity contribution is 5.97. The minimum Gasteiger partial charge on any atom is -0.493 e. The number of esters is 1. The van der Waals surface area contributed by atoms with E-state index in [0.29, 0.717) is 29.4 Å². The van der Waals surface area contributed by atoms with Crippen molar-refractivity contribution in [1.82, 2.24) is 10.2 Å². The van der Waals surface area contributed by atoms with Gasteiger partial charge in [0, 0.05) is 19.2 Å². The van der Waals surface area contributed by atoms with Crippen molar-refractivity contribution in [3.8, 4) is 17.2 Å². The van der Waals surface area contributed by atoms with Crippen molar-refractivity contribution < 1.29 is 33.3 Å². The Hall–Kier alpha value is -3.23. The molecular formula is C17H20N2O7. The van der Waals surface area contributed by atoms with Crippen LogP contribution in [0.5, 0.6) is 17.2 Å². The average molecular weight is 364 g/mol. The summed E-state index contributed by atoms with van der Waals surface area (Å²) in [6.07, 6.45) is 2.65. The maximum absolute atomic E-state index is 11.8. The number of ether oxygens (including phenoxy) is 4. The Morgan fingerprint density at radius 3 is 2.31 bits per heavy atom. The zero-order valence-electron chi connectivity index (χ0n) is 14.7. The number of benzene rings is 1. The number of nitrogens with one attached hydrogen (secondary N) is 1. The molecule has 0 aliphatic carbocycles. The van der Waals surface area contributed by atoms with Crippen LogP contribution in [0.25, 0.3) is 6.08 Å². The number of hydrogen-bond acceptors (Lipinski definition) is 7. The lowest BCUT2D eigenvalue weighted by Gasteiger charge is -2.13. The Morgan fingerprint density at radius 1 is 1.15 bits per heavy atom. The summed E-state index contributed by atoms with van der Waals surface area (Å²) in [5, 5.41) is 2.49. The minimum atomic E-state index is -0.716. The van der Waals surface area contributed by atoms with E-state index in [-0.39, 0.29) is 6.54 Å².